The molecule has 1 rings (SSSR count). The lowest BCUT2D eigenvalue weighted by Gasteiger charge is -1.96. The summed E-state index contributed by atoms with van der Waals surface area (Å²) in [5, 5.41) is 0. The molecule has 1 heterocycles. The van der Waals surface area contributed by atoms with E-state index in [4.69, 9.17) is 9.15 Å². The van der Waals surface area contributed by atoms with Crippen molar-refractivity contribution < 1.29 is 9.15 Å². The molecule has 0 saturated heterocycles. The average molecular weight is 125 g/mol. The highest BCUT2D eigenvalue weighted by Gasteiger charge is 1.90. The summed E-state index contributed by atoms with van der Waals surface area (Å²) < 4.78 is 9.95. The van der Waals surface area contributed by atoms with Gasteiger partial charge in [-0.1, -0.05) is 0 Å². The molecule has 1 radical (unpaired) electrons. The van der Waals surface area contributed by atoms with Crippen LogP contribution in [-0.2, 0) is 0 Å². The van der Waals surface area contributed by atoms with Gasteiger partial charge in [0, 0.05) is 6.07 Å². The van der Waals surface area contributed by atoms with Crippen LogP contribution in [0.3, 0.4) is 0 Å². The van der Waals surface area contributed by atoms with Crippen molar-refractivity contribution >= 4 is 0 Å². The maximum Gasteiger partial charge on any atom is 0.284 e. The predicted molar refractivity (Wildman–Crippen MR) is 34.2 cm³/mol. The van der Waals surface area contributed by atoms with Gasteiger partial charge in [-0.3, -0.25) is 0 Å². The molecule has 2 heteroatoms. The van der Waals surface area contributed by atoms with Crippen LogP contribution >= 0.6 is 0 Å². The second-order valence-electron chi connectivity index (χ2n) is 1.63. The van der Waals surface area contributed by atoms with E-state index in [9.17, 15) is 0 Å². The second-order valence-corrected chi connectivity index (χ2v) is 1.63. The first-order valence-electron chi connectivity index (χ1n) is 2.89. The van der Waals surface area contributed by atoms with Crippen molar-refractivity contribution in [3.63, 3.8) is 0 Å². The maximum absolute atomic E-state index is 5.07. The highest BCUT2D eigenvalue weighted by atomic mass is 16.6. The standard InChI is InChI=1S/C7H9O2/c1-2-5-8-7-4-3-6-9-7/h3-4,6H,1-2,5H2. The van der Waals surface area contributed by atoms with Crippen molar-refractivity contribution in [1.29, 1.82) is 0 Å². The SMILES string of the molecule is [CH2]CCOc1ccco1. The Labute approximate surface area is 54.4 Å². The van der Waals surface area contributed by atoms with E-state index < -0.39 is 0 Å². The molecule has 1 aromatic rings. The minimum absolute atomic E-state index is 0.568. The average Bonchev–Trinajstić information content (AvgIpc) is 2.34. The maximum atomic E-state index is 5.07. The summed E-state index contributed by atoms with van der Waals surface area (Å²) in [5.74, 6) is 0.568. The van der Waals surface area contributed by atoms with Crippen LogP contribution in [-0.4, -0.2) is 6.61 Å². The molecule has 0 spiro atoms. The largest absolute Gasteiger partial charge is 0.465 e. The molecular weight excluding hydrogens is 116 g/mol. The monoisotopic (exact) mass is 125 g/mol. The number of hydrogen-bond donors (Lipinski definition) is 0. The lowest BCUT2D eigenvalue weighted by Crippen LogP contribution is -1.92. The zero-order chi connectivity index (χ0) is 6.53. The number of furan rings is 1. The van der Waals surface area contributed by atoms with Crippen molar-refractivity contribution in [3.8, 4) is 5.95 Å². The molecule has 49 valence electrons. The fraction of sp³-hybridized carbons (Fsp3) is 0.286. The van der Waals surface area contributed by atoms with Gasteiger partial charge in [-0.25, -0.2) is 0 Å². The molecule has 0 amide bonds. The summed E-state index contributed by atoms with van der Waals surface area (Å²) >= 11 is 0. The van der Waals surface area contributed by atoms with Crippen LogP contribution in [0.25, 0.3) is 0 Å². The van der Waals surface area contributed by atoms with Crippen LogP contribution in [0.2, 0.25) is 0 Å². The smallest absolute Gasteiger partial charge is 0.284 e. The van der Waals surface area contributed by atoms with Crippen LogP contribution in [0, 0.1) is 6.92 Å². The summed E-state index contributed by atoms with van der Waals surface area (Å²) in [4.78, 5) is 0. The van der Waals surface area contributed by atoms with Gasteiger partial charge in [0.15, 0.2) is 0 Å². The van der Waals surface area contributed by atoms with E-state index in [-0.39, 0.29) is 0 Å². The Morgan fingerprint density at radius 1 is 1.67 bits per heavy atom. The van der Waals surface area contributed by atoms with Gasteiger partial charge in [0.25, 0.3) is 5.95 Å². The van der Waals surface area contributed by atoms with E-state index in [1.807, 2.05) is 0 Å². The summed E-state index contributed by atoms with van der Waals surface area (Å²) in [6.07, 6.45) is 2.35. The highest BCUT2D eigenvalue weighted by molar-refractivity contribution is 5.03. The Morgan fingerprint density at radius 3 is 3.11 bits per heavy atom. The second kappa shape index (κ2) is 3.17. The highest BCUT2D eigenvalue weighted by Crippen LogP contribution is 2.09. The van der Waals surface area contributed by atoms with Crippen molar-refractivity contribution in [2.75, 3.05) is 6.61 Å². The van der Waals surface area contributed by atoms with Gasteiger partial charge in [-0.05, 0) is 19.4 Å². The topological polar surface area (TPSA) is 22.4 Å². The molecule has 0 aliphatic carbocycles. The Kier molecular flexibility index (Phi) is 2.19. The van der Waals surface area contributed by atoms with Crippen molar-refractivity contribution in [2.45, 2.75) is 6.42 Å². The van der Waals surface area contributed by atoms with Gasteiger partial charge >= 0.3 is 0 Å². The van der Waals surface area contributed by atoms with Crippen LogP contribution < -0.4 is 4.74 Å². The van der Waals surface area contributed by atoms with Crippen LogP contribution in [0.15, 0.2) is 22.8 Å². The number of hydrogen-bond acceptors (Lipinski definition) is 2. The molecule has 0 N–H and O–H groups in total. The fourth-order valence-electron chi connectivity index (χ4n) is 0.518. The first kappa shape index (κ1) is 6.20. The van der Waals surface area contributed by atoms with Crippen molar-refractivity contribution in [2.24, 2.45) is 0 Å². The zero-order valence-electron chi connectivity index (χ0n) is 5.17. The van der Waals surface area contributed by atoms with Crippen LogP contribution in [0.5, 0.6) is 5.95 Å². The molecule has 0 fully saturated rings. The quantitative estimate of drug-likeness (QED) is 0.615. The molecule has 0 atom stereocenters. The van der Waals surface area contributed by atoms with Gasteiger partial charge in [-0.2, -0.15) is 0 Å². The summed E-state index contributed by atoms with van der Waals surface area (Å²) in [6.45, 7) is 4.24. The van der Waals surface area contributed by atoms with E-state index in [1.165, 1.54) is 0 Å². The zero-order valence-corrected chi connectivity index (χ0v) is 5.17. The lowest BCUT2D eigenvalue weighted by molar-refractivity contribution is 0.247. The number of ether oxygens (including phenoxy) is 1. The predicted octanol–water partition coefficient (Wildman–Crippen LogP) is 1.88. The minimum atomic E-state index is 0.568. The third kappa shape index (κ3) is 1.80. The first-order valence-corrected chi connectivity index (χ1v) is 2.89. The minimum Gasteiger partial charge on any atom is -0.465 e. The van der Waals surface area contributed by atoms with Gasteiger partial charge in [-0.15, -0.1) is 0 Å². The lowest BCUT2D eigenvalue weighted by atomic mass is 10.5. The van der Waals surface area contributed by atoms with Gasteiger partial charge in [0.1, 0.15) is 0 Å². The normalized spacial score (nSPS) is 9.44. The summed E-state index contributed by atoms with van der Waals surface area (Å²) in [7, 11) is 0. The Balaban J connectivity index is 2.30. The molecule has 0 bridgehead atoms. The molecule has 9 heavy (non-hydrogen) atoms. The Morgan fingerprint density at radius 2 is 2.56 bits per heavy atom. The van der Waals surface area contributed by atoms with Gasteiger partial charge in [0.2, 0.25) is 0 Å². The molecule has 0 saturated carbocycles. The van der Waals surface area contributed by atoms with E-state index in [0.717, 1.165) is 6.42 Å². The third-order valence-electron chi connectivity index (χ3n) is 0.884. The van der Waals surface area contributed by atoms with Crippen LogP contribution in [0.1, 0.15) is 6.42 Å². The molecule has 2 nitrogen and oxygen atoms in total. The number of rotatable bonds is 3. The molecule has 0 unspecified atom stereocenters. The van der Waals surface area contributed by atoms with Gasteiger partial charge < -0.3 is 9.15 Å². The fourth-order valence-corrected chi connectivity index (χ4v) is 0.518. The van der Waals surface area contributed by atoms with E-state index in [1.54, 1.807) is 18.4 Å². The third-order valence-corrected chi connectivity index (χ3v) is 0.884. The Bertz CT molecular complexity index is 144. The van der Waals surface area contributed by atoms with E-state index in [2.05, 4.69) is 6.92 Å². The molecular formula is C7H9O2. The molecule has 0 aliphatic rings. The first-order chi connectivity index (χ1) is 4.43. The van der Waals surface area contributed by atoms with E-state index >= 15 is 0 Å². The molecule has 1 aromatic heterocycles. The molecule has 0 aromatic carbocycles. The molecule has 0 aliphatic heterocycles. The van der Waals surface area contributed by atoms with Crippen molar-refractivity contribution in [1.82, 2.24) is 0 Å². The summed E-state index contributed by atoms with van der Waals surface area (Å²) in [5.41, 5.74) is 0. The Hall–Kier alpha value is -0.920. The summed E-state index contributed by atoms with van der Waals surface area (Å²) in [6, 6.07) is 3.56. The van der Waals surface area contributed by atoms with Gasteiger partial charge in [0.05, 0.1) is 12.9 Å². The van der Waals surface area contributed by atoms with E-state index in [0.29, 0.717) is 12.6 Å². The van der Waals surface area contributed by atoms with Crippen LogP contribution in [0.4, 0.5) is 0 Å². The van der Waals surface area contributed by atoms with Crippen molar-refractivity contribution in [3.05, 3.63) is 25.3 Å².